The summed E-state index contributed by atoms with van der Waals surface area (Å²) in [5.41, 5.74) is 2.15. The van der Waals surface area contributed by atoms with Crippen molar-refractivity contribution in [2.24, 2.45) is 7.05 Å². The molecule has 1 N–H and O–H groups in total. The number of likely N-dealkylation sites (N-methyl/N-ethyl adjacent to an activating group) is 1. The zero-order chi connectivity index (χ0) is 33.5. The molecule has 1 aliphatic rings. The molecule has 3 heterocycles. The van der Waals surface area contributed by atoms with Crippen molar-refractivity contribution in [2.75, 3.05) is 34.4 Å². The fourth-order valence-electron chi connectivity index (χ4n) is 5.50. The predicted molar refractivity (Wildman–Crippen MR) is 181 cm³/mol. The number of aryl methyl sites for hydroxylation is 1. The average molecular weight is 700 g/mol. The number of methoxy groups -OCH3 is 2. The summed E-state index contributed by atoms with van der Waals surface area (Å²) in [4.78, 5) is 30.3. The molecule has 4 aromatic rings. The summed E-state index contributed by atoms with van der Waals surface area (Å²) in [5, 5.41) is 4.25. The third-order valence-electron chi connectivity index (χ3n) is 7.97. The molecule has 2 aromatic carbocycles. The summed E-state index contributed by atoms with van der Waals surface area (Å²) in [5.74, 6) is 0.225. The van der Waals surface area contributed by atoms with Gasteiger partial charge in [0.1, 0.15) is 40.2 Å². The molecule has 9 nitrogen and oxygen atoms in total. The zero-order valence-electron chi connectivity index (χ0n) is 26.7. The lowest BCUT2D eigenvalue weighted by molar-refractivity contribution is -0.671. The van der Waals surface area contributed by atoms with E-state index in [9.17, 15) is 9.59 Å². The van der Waals surface area contributed by atoms with Gasteiger partial charge in [-0.1, -0.05) is 59.6 Å². The summed E-state index contributed by atoms with van der Waals surface area (Å²) in [6.45, 7) is 1.96. The van der Waals surface area contributed by atoms with E-state index >= 15 is 0 Å². The van der Waals surface area contributed by atoms with E-state index in [4.69, 9.17) is 42.1 Å². The van der Waals surface area contributed by atoms with Crippen molar-refractivity contribution in [2.45, 2.75) is 37.6 Å². The van der Waals surface area contributed by atoms with Gasteiger partial charge >= 0.3 is 11.9 Å². The highest BCUT2D eigenvalue weighted by Gasteiger charge is 2.29. The minimum absolute atomic E-state index is 0.134. The normalized spacial score (nSPS) is 16.0. The average Bonchev–Trinajstić information content (AvgIpc) is 3.71. The minimum atomic E-state index is -0.736. The van der Waals surface area contributed by atoms with Gasteiger partial charge in [0.2, 0.25) is 0 Å². The molecule has 1 saturated heterocycles. The monoisotopic (exact) mass is 698 g/mol. The number of benzene rings is 2. The maximum Gasteiger partial charge on any atom is 0.348 e. The number of aromatic nitrogens is 1. The molecule has 0 amide bonds. The van der Waals surface area contributed by atoms with Crippen LogP contribution in [-0.4, -0.2) is 57.3 Å². The molecule has 1 unspecified atom stereocenters. The molecule has 0 aliphatic carbocycles. The number of carbonyl (C=O) groups is 2. The number of likely N-dealkylation sites (tertiary alicyclic amines) is 1. The van der Waals surface area contributed by atoms with Crippen LogP contribution in [0, 0.1) is 0 Å². The third kappa shape index (κ3) is 8.82. The Morgan fingerprint density at radius 2 is 1.72 bits per heavy atom. The number of hydrogen-bond acceptors (Lipinski definition) is 9. The number of rotatable bonds is 13. The lowest BCUT2D eigenvalue weighted by Crippen LogP contribution is -2.33. The number of ether oxygens (including phenoxy) is 4. The SMILES string of the molecule is COc1ccc([C@H](Cc2c(Cl)c[n+](C)cc2Cl)OC(=O)c2ccc(CNC(C(=O)O[C@H]3CCN(C)C3)c3ccccc3)s2)cc1OC. The number of pyridine rings is 1. The van der Waals surface area contributed by atoms with Gasteiger partial charge in [0, 0.05) is 36.5 Å². The van der Waals surface area contributed by atoms with Gasteiger partial charge < -0.3 is 23.8 Å². The first-order valence-corrected chi connectivity index (χ1v) is 16.7. The second-order valence-corrected chi connectivity index (χ2v) is 13.4. The topological polar surface area (TPSA) is 90.2 Å². The van der Waals surface area contributed by atoms with Crippen LogP contribution in [0.3, 0.4) is 0 Å². The fourth-order valence-corrected chi connectivity index (χ4v) is 7.06. The fraction of sp³-hybridized carbons (Fsp3) is 0.343. The molecule has 0 radical (unpaired) electrons. The second-order valence-electron chi connectivity index (χ2n) is 11.4. The van der Waals surface area contributed by atoms with Gasteiger partial charge in [0.25, 0.3) is 0 Å². The Balaban J connectivity index is 1.32. The highest BCUT2D eigenvalue weighted by Crippen LogP contribution is 2.36. The van der Waals surface area contributed by atoms with Crippen LogP contribution in [0.4, 0.5) is 0 Å². The Morgan fingerprint density at radius 1 is 1.00 bits per heavy atom. The Hall–Kier alpha value is -3.67. The van der Waals surface area contributed by atoms with Crippen molar-refractivity contribution in [3.63, 3.8) is 0 Å². The first-order valence-electron chi connectivity index (χ1n) is 15.2. The van der Waals surface area contributed by atoms with Gasteiger partial charge in [-0.05, 0) is 48.9 Å². The first-order chi connectivity index (χ1) is 22.6. The maximum atomic E-state index is 13.6. The van der Waals surface area contributed by atoms with E-state index in [2.05, 4.69) is 10.2 Å². The second kappa shape index (κ2) is 16.0. The summed E-state index contributed by atoms with van der Waals surface area (Å²) >= 11 is 14.5. The van der Waals surface area contributed by atoms with Crippen molar-refractivity contribution in [3.05, 3.63) is 110 Å². The molecule has 3 atom stereocenters. The number of nitrogens with zero attached hydrogens (tertiary/aromatic N) is 2. The number of carbonyl (C=O) groups excluding carboxylic acids is 2. The van der Waals surface area contributed by atoms with E-state index in [1.807, 2.05) is 56.6 Å². The lowest BCUT2D eigenvalue weighted by Gasteiger charge is -2.21. The number of halogens is 2. The Kier molecular flexibility index (Phi) is 11.8. The maximum absolute atomic E-state index is 13.6. The Morgan fingerprint density at radius 3 is 2.38 bits per heavy atom. The molecular weight excluding hydrogens is 661 g/mol. The van der Waals surface area contributed by atoms with Gasteiger partial charge in [0.05, 0.1) is 14.2 Å². The third-order valence-corrected chi connectivity index (χ3v) is 9.69. The summed E-state index contributed by atoms with van der Waals surface area (Å²) in [6, 6.07) is 17.8. The quantitative estimate of drug-likeness (QED) is 0.132. The van der Waals surface area contributed by atoms with E-state index < -0.39 is 18.1 Å². The van der Waals surface area contributed by atoms with Crippen molar-refractivity contribution in [3.8, 4) is 11.5 Å². The molecule has 1 fully saturated rings. The smallest absolute Gasteiger partial charge is 0.348 e. The first kappa shape index (κ1) is 34.7. The van der Waals surface area contributed by atoms with Gasteiger partial charge in [-0.2, -0.15) is 0 Å². The van der Waals surface area contributed by atoms with Crippen LogP contribution in [0.2, 0.25) is 10.0 Å². The summed E-state index contributed by atoms with van der Waals surface area (Å²) in [7, 11) is 6.95. The van der Waals surface area contributed by atoms with Crippen molar-refractivity contribution >= 4 is 46.5 Å². The van der Waals surface area contributed by atoms with Crippen LogP contribution in [0.15, 0.2) is 73.1 Å². The highest BCUT2D eigenvalue weighted by atomic mass is 35.5. The predicted octanol–water partition coefficient (Wildman–Crippen LogP) is 6.12. The van der Waals surface area contributed by atoms with E-state index in [-0.39, 0.29) is 18.5 Å². The molecule has 0 spiro atoms. The van der Waals surface area contributed by atoms with Crippen LogP contribution in [0.5, 0.6) is 11.5 Å². The van der Waals surface area contributed by atoms with Crippen LogP contribution < -0.4 is 19.4 Å². The van der Waals surface area contributed by atoms with E-state index in [1.165, 1.54) is 11.3 Å². The van der Waals surface area contributed by atoms with Gasteiger partial charge in [-0.3, -0.25) is 5.32 Å². The van der Waals surface area contributed by atoms with Crippen molar-refractivity contribution in [1.29, 1.82) is 0 Å². The van der Waals surface area contributed by atoms with Crippen molar-refractivity contribution < 1.29 is 33.1 Å². The van der Waals surface area contributed by atoms with Crippen molar-refractivity contribution in [1.82, 2.24) is 10.2 Å². The molecule has 0 saturated carbocycles. The van der Waals surface area contributed by atoms with Gasteiger partial charge in [0.15, 0.2) is 23.9 Å². The van der Waals surface area contributed by atoms with Gasteiger partial charge in [-0.25, -0.2) is 14.2 Å². The molecule has 2 aromatic heterocycles. The zero-order valence-corrected chi connectivity index (χ0v) is 29.0. The number of hydrogen-bond donors (Lipinski definition) is 1. The largest absolute Gasteiger partial charge is 0.493 e. The van der Waals surface area contributed by atoms with E-state index in [0.717, 1.165) is 30.0 Å². The number of nitrogens with one attached hydrogen (secondary N) is 1. The Labute approximate surface area is 288 Å². The summed E-state index contributed by atoms with van der Waals surface area (Å²) in [6.07, 6.45) is 3.67. The number of esters is 2. The van der Waals surface area contributed by atoms with Crippen LogP contribution in [0.1, 0.15) is 49.8 Å². The lowest BCUT2D eigenvalue weighted by atomic mass is 10.0. The minimum Gasteiger partial charge on any atom is -0.493 e. The molecule has 248 valence electrons. The van der Waals surface area contributed by atoms with Crippen LogP contribution >= 0.6 is 34.5 Å². The van der Waals surface area contributed by atoms with Crippen LogP contribution in [0.25, 0.3) is 0 Å². The summed E-state index contributed by atoms with van der Waals surface area (Å²) < 4.78 is 24.7. The molecular formula is C35H38Cl2N3O6S+. The van der Waals surface area contributed by atoms with Gasteiger partial charge in [-0.15, -0.1) is 11.3 Å². The standard InChI is InChI=1S/C35H38Cl2N3O6S/c1-39-15-14-24(19-39)45-35(42)33(22-8-6-5-7-9-22)38-18-25-11-13-32(47-25)34(41)46-30(17-26-27(36)20-40(2)21-28(26)37)23-10-12-29(43-3)31(16-23)44-4/h5-13,16,20-21,24,30,33,38H,14-15,17-19H2,1-4H3/q+1/t24-,30-,33?/m0/s1. The number of thiophene rings is 1. The van der Waals surface area contributed by atoms with E-state index in [0.29, 0.717) is 44.1 Å². The molecule has 47 heavy (non-hydrogen) atoms. The molecule has 0 bridgehead atoms. The van der Waals surface area contributed by atoms with E-state index in [1.54, 1.807) is 49.4 Å². The van der Waals surface area contributed by atoms with Crippen LogP contribution in [-0.2, 0) is 34.3 Å². The highest BCUT2D eigenvalue weighted by molar-refractivity contribution is 7.13. The molecule has 1 aliphatic heterocycles. The molecule has 12 heteroatoms. The Bertz CT molecular complexity index is 1680. The molecule has 5 rings (SSSR count).